The Morgan fingerprint density at radius 2 is 1.97 bits per heavy atom. The third-order valence-corrected chi connectivity index (χ3v) is 6.13. The smallest absolute Gasteiger partial charge is 0.126 e. The van der Waals surface area contributed by atoms with Crippen LogP contribution in [0.4, 0.5) is 16.0 Å². The zero-order valence-corrected chi connectivity index (χ0v) is 18.2. The second kappa shape index (κ2) is 9.62. The molecule has 0 unspecified atom stereocenters. The summed E-state index contributed by atoms with van der Waals surface area (Å²) in [5.74, 6) is 1.71. The minimum absolute atomic E-state index is 0.251. The molecule has 0 aliphatic heterocycles. The van der Waals surface area contributed by atoms with Crippen molar-refractivity contribution in [2.45, 2.75) is 44.8 Å². The lowest BCUT2D eigenvalue weighted by molar-refractivity contribution is 0.310. The number of nitrogens with zero attached hydrogens (tertiary/aromatic N) is 2. The summed E-state index contributed by atoms with van der Waals surface area (Å²) in [6, 6.07) is 14.8. The van der Waals surface area contributed by atoms with E-state index >= 15 is 0 Å². The second-order valence-corrected chi connectivity index (χ2v) is 8.64. The summed E-state index contributed by atoms with van der Waals surface area (Å²) >= 11 is 6.45. The average Bonchev–Trinajstić information content (AvgIpc) is 2.76. The standard InChI is InChI=1S/C24H27ClFN5/c1-15-10-18(8-9-21(15)27)30-24-12-19(20(25)14-29-24)22-6-3-7-23(31-22)28-13-16-4-2-5-17(26)11-16/h2-7,11-12,14-15,18,21H,8-10,13,27H2,1H3,(H,28,31)(H,29,30)/t15-,18-,21-/m0/s1. The van der Waals surface area contributed by atoms with E-state index < -0.39 is 0 Å². The molecule has 0 spiro atoms. The molecule has 0 bridgehead atoms. The molecule has 31 heavy (non-hydrogen) atoms. The number of hydrogen-bond acceptors (Lipinski definition) is 5. The largest absolute Gasteiger partial charge is 0.367 e. The van der Waals surface area contributed by atoms with Crippen LogP contribution < -0.4 is 16.4 Å². The van der Waals surface area contributed by atoms with Crippen molar-refractivity contribution >= 4 is 23.2 Å². The van der Waals surface area contributed by atoms with Crippen molar-refractivity contribution in [2.24, 2.45) is 11.7 Å². The first kappa shape index (κ1) is 21.5. The van der Waals surface area contributed by atoms with Gasteiger partial charge in [0.2, 0.25) is 0 Å². The van der Waals surface area contributed by atoms with Crippen LogP contribution in [-0.4, -0.2) is 22.1 Å². The molecule has 2 aromatic heterocycles. The van der Waals surface area contributed by atoms with Gasteiger partial charge in [-0.05, 0) is 61.1 Å². The predicted molar refractivity (Wildman–Crippen MR) is 125 cm³/mol. The summed E-state index contributed by atoms with van der Waals surface area (Å²) in [7, 11) is 0. The number of halogens is 2. The molecule has 162 valence electrons. The number of pyridine rings is 2. The molecule has 0 saturated heterocycles. The van der Waals surface area contributed by atoms with Gasteiger partial charge in [0.25, 0.3) is 0 Å². The molecule has 1 saturated carbocycles. The van der Waals surface area contributed by atoms with E-state index in [-0.39, 0.29) is 11.9 Å². The van der Waals surface area contributed by atoms with E-state index in [0.29, 0.717) is 29.3 Å². The number of nitrogens with one attached hydrogen (secondary N) is 2. The van der Waals surface area contributed by atoms with E-state index in [1.807, 2.05) is 30.3 Å². The Morgan fingerprint density at radius 1 is 1.13 bits per heavy atom. The van der Waals surface area contributed by atoms with E-state index in [1.54, 1.807) is 12.3 Å². The third-order valence-electron chi connectivity index (χ3n) is 5.83. The molecule has 1 aliphatic rings. The maximum atomic E-state index is 13.4. The zero-order chi connectivity index (χ0) is 21.8. The quantitative estimate of drug-likeness (QED) is 0.474. The SMILES string of the molecule is C[C@H]1C[C@@H](Nc2cc(-c3cccc(NCc4cccc(F)c4)n3)c(Cl)cn2)CC[C@@H]1N. The van der Waals surface area contributed by atoms with Crippen LogP contribution in [0, 0.1) is 11.7 Å². The van der Waals surface area contributed by atoms with Gasteiger partial charge in [-0.2, -0.15) is 0 Å². The van der Waals surface area contributed by atoms with Crippen LogP contribution in [0.15, 0.2) is 54.7 Å². The molecular formula is C24H27ClFN5. The number of rotatable bonds is 6. The number of anilines is 2. The molecule has 1 aromatic carbocycles. The first-order valence-electron chi connectivity index (χ1n) is 10.6. The summed E-state index contributed by atoms with van der Waals surface area (Å²) in [5, 5.41) is 7.32. The second-order valence-electron chi connectivity index (χ2n) is 8.24. The van der Waals surface area contributed by atoms with E-state index in [2.05, 4.69) is 27.5 Å². The molecule has 4 N–H and O–H groups in total. The molecule has 3 atom stereocenters. The Hall–Kier alpha value is -2.70. The van der Waals surface area contributed by atoms with Crippen LogP contribution in [0.3, 0.4) is 0 Å². The number of nitrogens with two attached hydrogens (primary N) is 1. The van der Waals surface area contributed by atoms with Crippen molar-refractivity contribution in [3.8, 4) is 11.3 Å². The fraction of sp³-hybridized carbons (Fsp3) is 0.333. The van der Waals surface area contributed by atoms with Crippen molar-refractivity contribution in [1.82, 2.24) is 9.97 Å². The highest BCUT2D eigenvalue weighted by molar-refractivity contribution is 6.33. The van der Waals surface area contributed by atoms with Gasteiger partial charge in [0.05, 0.1) is 10.7 Å². The van der Waals surface area contributed by atoms with Crippen molar-refractivity contribution in [2.75, 3.05) is 10.6 Å². The first-order chi connectivity index (χ1) is 15.0. The topological polar surface area (TPSA) is 75.9 Å². The molecule has 1 aliphatic carbocycles. The lowest BCUT2D eigenvalue weighted by Gasteiger charge is -2.32. The monoisotopic (exact) mass is 439 g/mol. The molecule has 3 aromatic rings. The summed E-state index contributed by atoms with van der Waals surface area (Å²) in [6.07, 6.45) is 4.73. The van der Waals surface area contributed by atoms with Gasteiger partial charge in [-0.1, -0.05) is 36.7 Å². The van der Waals surface area contributed by atoms with Crippen LogP contribution in [0.2, 0.25) is 5.02 Å². The van der Waals surface area contributed by atoms with Gasteiger partial charge in [0.1, 0.15) is 17.5 Å². The molecule has 4 rings (SSSR count). The van der Waals surface area contributed by atoms with Gasteiger partial charge in [0.15, 0.2) is 0 Å². The maximum absolute atomic E-state index is 13.4. The molecule has 0 amide bonds. The highest BCUT2D eigenvalue weighted by Gasteiger charge is 2.25. The van der Waals surface area contributed by atoms with E-state index in [9.17, 15) is 4.39 Å². The normalized spacial score (nSPS) is 21.0. The minimum atomic E-state index is -0.251. The summed E-state index contributed by atoms with van der Waals surface area (Å²) < 4.78 is 13.4. The Kier molecular flexibility index (Phi) is 6.68. The van der Waals surface area contributed by atoms with Gasteiger partial charge in [-0.15, -0.1) is 0 Å². The Balaban J connectivity index is 1.48. The number of benzene rings is 1. The summed E-state index contributed by atoms with van der Waals surface area (Å²) in [4.78, 5) is 9.15. The van der Waals surface area contributed by atoms with Crippen LogP contribution in [0.1, 0.15) is 31.7 Å². The fourth-order valence-corrected chi connectivity index (χ4v) is 4.20. The third kappa shape index (κ3) is 5.51. The Labute approximate surface area is 187 Å². The van der Waals surface area contributed by atoms with Gasteiger partial charge in [0, 0.05) is 30.4 Å². The van der Waals surface area contributed by atoms with E-state index in [0.717, 1.165) is 41.9 Å². The van der Waals surface area contributed by atoms with E-state index in [1.165, 1.54) is 12.1 Å². The zero-order valence-electron chi connectivity index (χ0n) is 17.5. The molecule has 0 radical (unpaired) electrons. The van der Waals surface area contributed by atoms with Crippen LogP contribution in [0.25, 0.3) is 11.3 Å². The number of hydrogen-bond donors (Lipinski definition) is 3. The van der Waals surface area contributed by atoms with Crippen molar-refractivity contribution in [3.63, 3.8) is 0 Å². The summed E-state index contributed by atoms with van der Waals surface area (Å²) in [5.41, 5.74) is 8.56. The predicted octanol–water partition coefficient (Wildman–Crippen LogP) is 5.48. The Bertz CT molecular complexity index is 1040. The lowest BCUT2D eigenvalue weighted by atomic mass is 9.83. The number of aromatic nitrogens is 2. The van der Waals surface area contributed by atoms with Crippen LogP contribution in [-0.2, 0) is 6.54 Å². The van der Waals surface area contributed by atoms with Gasteiger partial charge in [-0.3, -0.25) is 0 Å². The van der Waals surface area contributed by atoms with Gasteiger partial charge in [-0.25, -0.2) is 14.4 Å². The van der Waals surface area contributed by atoms with Crippen LogP contribution in [0.5, 0.6) is 0 Å². The van der Waals surface area contributed by atoms with E-state index in [4.69, 9.17) is 17.3 Å². The van der Waals surface area contributed by atoms with Crippen LogP contribution >= 0.6 is 11.6 Å². The molecule has 7 heteroatoms. The van der Waals surface area contributed by atoms with Crippen molar-refractivity contribution < 1.29 is 4.39 Å². The lowest BCUT2D eigenvalue weighted by Crippen LogP contribution is -2.39. The Morgan fingerprint density at radius 3 is 2.77 bits per heavy atom. The van der Waals surface area contributed by atoms with Gasteiger partial charge < -0.3 is 16.4 Å². The molecular weight excluding hydrogens is 413 g/mol. The molecule has 1 fully saturated rings. The van der Waals surface area contributed by atoms with Crippen molar-refractivity contribution in [1.29, 1.82) is 0 Å². The van der Waals surface area contributed by atoms with Gasteiger partial charge >= 0.3 is 0 Å². The highest BCUT2D eigenvalue weighted by atomic mass is 35.5. The fourth-order valence-electron chi connectivity index (χ4n) is 4.00. The molecule has 5 nitrogen and oxygen atoms in total. The first-order valence-corrected chi connectivity index (χ1v) is 11.0. The average molecular weight is 440 g/mol. The maximum Gasteiger partial charge on any atom is 0.126 e. The minimum Gasteiger partial charge on any atom is -0.367 e. The molecule has 2 heterocycles. The highest BCUT2D eigenvalue weighted by Crippen LogP contribution is 2.31. The summed E-state index contributed by atoms with van der Waals surface area (Å²) in [6.45, 7) is 2.68. The van der Waals surface area contributed by atoms with Crippen molar-refractivity contribution in [3.05, 3.63) is 71.1 Å².